The van der Waals surface area contributed by atoms with E-state index in [-0.39, 0.29) is 17.8 Å². The van der Waals surface area contributed by atoms with Gasteiger partial charge < -0.3 is 9.84 Å². The summed E-state index contributed by atoms with van der Waals surface area (Å²) >= 11 is 0. The molecular weight excluding hydrogens is 292 g/mol. The Bertz CT molecular complexity index is 480. The molecule has 4 nitrogen and oxygen atoms in total. The van der Waals surface area contributed by atoms with Crippen molar-refractivity contribution in [3.8, 4) is 0 Å². The van der Waals surface area contributed by atoms with Gasteiger partial charge in [0.05, 0.1) is 17.8 Å². The van der Waals surface area contributed by atoms with Crippen LogP contribution in [-0.2, 0) is 14.3 Å². The maximum atomic E-state index is 12.4. The lowest BCUT2D eigenvalue weighted by atomic mass is 9.77. The van der Waals surface area contributed by atoms with Crippen LogP contribution in [-0.4, -0.2) is 23.7 Å². The number of carbonyl (C=O) groups excluding carboxylic acids is 1. The Morgan fingerprint density at radius 1 is 1.00 bits per heavy atom. The number of carbonyl (C=O) groups is 2. The smallest absolute Gasteiger partial charge is 0.334 e. The molecule has 2 aliphatic carbocycles. The molecule has 0 spiro atoms. The summed E-state index contributed by atoms with van der Waals surface area (Å²) < 4.78 is 5.39. The van der Waals surface area contributed by atoms with Crippen LogP contribution >= 0.6 is 0 Å². The zero-order valence-electron chi connectivity index (χ0n) is 14.6. The quantitative estimate of drug-likeness (QED) is 0.510. The van der Waals surface area contributed by atoms with E-state index in [4.69, 9.17) is 4.74 Å². The molecule has 23 heavy (non-hydrogen) atoms. The number of carboxylic acids is 1. The Morgan fingerprint density at radius 3 is 2.17 bits per heavy atom. The van der Waals surface area contributed by atoms with E-state index in [0.717, 1.165) is 19.3 Å². The van der Waals surface area contributed by atoms with Crippen LogP contribution in [0, 0.1) is 23.7 Å². The molecule has 0 aromatic rings. The molecule has 0 aliphatic heterocycles. The number of carboxylic acid groups (broad SMARTS) is 1. The van der Waals surface area contributed by atoms with Gasteiger partial charge in [-0.3, -0.25) is 0 Å². The Morgan fingerprint density at radius 2 is 1.57 bits per heavy atom. The van der Waals surface area contributed by atoms with Gasteiger partial charge in [-0.15, -0.1) is 0 Å². The summed E-state index contributed by atoms with van der Waals surface area (Å²) in [5, 5.41) is 9.49. The molecule has 2 bridgehead atoms. The molecule has 0 aromatic carbocycles. The third kappa shape index (κ3) is 3.78. The van der Waals surface area contributed by atoms with Crippen molar-refractivity contribution in [2.45, 2.75) is 65.7 Å². The monoisotopic (exact) mass is 322 g/mol. The molecule has 0 radical (unpaired) electrons. The summed E-state index contributed by atoms with van der Waals surface area (Å²) in [4.78, 5) is 24.0. The van der Waals surface area contributed by atoms with Gasteiger partial charge in [0.25, 0.3) is 0 Å². The molecule has 1 N–H and O–H groups in total. The molecule has 2 aliphatic rings. The van der Waals surface area contributed by atoms with Crippen molar-refractivity contribution < 1.29 is 19.4 Å². The molecule has 4 unspecified atom stereocenters. The molecular formula is C19H30O4. The van der Waals surface area contributed by atoms with Crippen molar-refractivity contribution in [1.29, 1.82) is 0 Å². The van der Waals surface area contributed by atoms with Crippen LogP contribution in [0.2, 0.25) is 0 Å². The summed E-state index contributed by atoms with van der Waals surface area (Å²) in [5.41, 5.74) is 0.785. The highest BCUT2D eigenvalue weighted by molar-refractivity contribution is 6.02. The second kappa shape index (κ2) is 7.98. The molecule has 0 heterocycles. The Balaban J connectivity index is 1.88. The van der Waals surface area contributed by atoms with Gasteiger partial charge in [0.15, 0.2) is 0 Å². The average molecular weight is 322 g/mol. The predicted molar refractivity (Wildman–Crippen MR) is 88.9 cm³/mol. The first-order chi connectivity index (χ1) is 11.0. The zero-order valence-corrected chi connectivity index (χ0v) is 14.6. The summed E-state index contributed by atoms with van der Waals surface area (Å²) in [6.07, 6.45) is 7.62. The number of hydrogen-bond donors (Lipinski definition) is 1. The highest BCUT2D eigenvalue weighted by Gasteiger charge is 2.52. The van der Waals surface area contributed by atoms with E-state index in [0.29, 0.717) is 29.6 Å². The van der Waals surface area contributed by atoms with Gasteiger partial charge in [-0.1, -0.05) is 52.9 Å². The van der Waals surface area contributed by atoms with Crippen molar-refractivity contribution in [1.82, 2.24) is 0 Å². The number of fused-ring (bicyclic) bond motifs is 2. The summed E-state index contributed by atoms with van der Waals surface area (Å²) in [6, 6.07) is 0. The second-order valence-corrected chi connectivity index (χ2v) is 7.20. The van der Waals surface area contributed by atoms with E-state index in [1.165, 1.54) is 25.7 Å². The molecule has 2 rings (SSSR count). The molecule has 1 saturated carbocycles. The molecule has 0 amide bonds. The fourth-order valence-corrected chi connectivity index (χ4v) is 4.26. The first-order valence-corrected chi connectivity index (χ1v) is 9.13. The molecule has 0 saturated heterocycles. The standard InChI is InChI=1S/C19H30O4/c1-4-5-6-7-8-9-10-23-19(22)17-15-11-14(12(2)13(15)3)16(17)18(20)21/h12-15H,4-11H2,1-3H3,(H,20,21). The maximum absolute atomic E-state index is 12.4. The van der Waals surface area contributed by atoms with Crippen LogP contribution < -0.4 is 0 Å². The Kier molecular flexibility index (Phi) is 6.25. The normalized spacial score (nSPS) is 29.2. The van der Waals surface area contributed by atoms with E-state index in [9.17, 15) is 14.7 Å². The lowest BCUT2D eigenvalue weighted by Gasteiger charge is -2.27. The van der Waals surface area contributed by atoms with Crippen LogP contribution in [0.4, 0.5) is 0 Å². The minimum atomic E-state index is -0.942. The lowest BCUT2D eigenvalue weighted by molar-refractivity contribution is -0.141. The molecule has 4 atom stereocenters. The first-order valence-electron chi connectivity index (χ1n) is 9.13. The van der Waals surface area contributed by atoms with E-state index in [1.807, 2.05) is 0 Å². The number of esters is 1. The van der Waals surface area contributed by atoms with Crippen molar-refractivity contribution >= 4 is 11.9 Å². The van der Waals surface area contributed by atoms with Crippen LogP contribution in [0.25, 0.3) is 0 Å². The largest absolute Gasteiger partial charge is 0.478 e. The van der Waals surface area contributed by atoms with Crippen molar-refractivity contribution in [3.05, 3.63) is 11.1 Å². The first kappa shape index (κ1) is 18.0. The Labute approximate surface area is 139 Å². The van der Waals surface area contributed by atoms with E-state index in [1.54, 1.807) is 0 Å². The van der Waals surface area contributed by atoms with Gasteiger partial charge in [0.1, 0.15) is 0 Å². The highest BCUT2D eigenvalue weighted by Crippen LogP contribution is 2.55. The third-order valence-corrected chi connectivity index (χ3v) is 5.82. The summed E-state index contributed by atoms with van der Waals surface area (Å²) in [6.45, 7) is 6.81. The number of hydrogen-bond acceptors (Lipinski definition) is 3. The fraction of sp³-hybridized carbons (Fsp3) is 0.789. The highest BCUT2D eigenvalue weighted by atomic mass is 16.5. The van der Waals surface area contributed by atoms with E-state index in [2.05, 4.69) is 20.8 Å². The molecule has 1 fully saturated rings. The van der Waals surface area contributed by atoms with Gasteiger partial charge in [-0.2, -0.15) is 0 Å². The van der Waals surface area contributed by atoms with Gasteiger partial charge in [0, 0.05) is 0 Å². The Hall–Kier alpha value is -1.32. The van der Waals surface area contributed by atoms with Crippen LogP contribution in [0.1, 0.15) is 65.7 Å². The van der Waals surface area contributed by atoms with Crippen LogP contribution in [0.3, 0.4) is 0 Å². The van der Waals surface area contributed by atoms with Crippen LogP contribution in [0.5, 0.6) is 0 Å². The van der Waals surface area contributed by atoms with Crippen molar-refractivity contribution in [3.63, 3.8) is 0 Å². The van der Waals surface area contributed by atoms with Gasteiger partial charge in [-0.05, 0) is 36.5 Å². The number of aliphatic carboxylic acids is 1. The van der Waals surface area contributed by atoms with Gasteiger partial charge >= 0.3 is 11.9 Å². The number of ether oxygens (including phenoxy) is 1. The van der Waals surface area contributed by atoms with Gasteiger partial charge in [-0.25, -0.2) is 9.59 Å². The molecule has 0 aromatic heterocycles. The predicted octanol–water partition coefficient (Wildman–Crippen LogP) is 4.19. The second-order valence-electron chi connectivity index (χ2n) is 7.20. The lowest BCUT2D eigenvalue weighted by Crippen LogP contribution is -2.28. The topological polar surface area (TPSA) is 63.6 Å². The fourth-order valence-electron chi connectivity index (χ4n) is 4.26. The minimum Gasteiger partial charge on any atom is -0.478 e. The van der Waals surface area contributed by atoms with Crippen molar-refractivity contribution in [2.75, 3.05) is 6.61 Å². The summed E-state index contributed by atoms with van der Waals surface area (Å²) in [7, 11) is 0. The zero-order chi connectivity index (χ0) is 17.0. The maximum Gasteiger partial charge on any atom is 0.334 e. The number of rotatable bonds is 9. The number of unbranched alkanes of at least 4 members (excludes halogenated alkanes) is 5. The van der Waals surface area contributed by atoms with E-state index >= 15 is 0 Å². The average Bonchev–Trinajstić information content (AvgIpc) is 3.04. The summed E-state index contributed by atoms with van der Waals surface area (Å²) in [5.74, 6) is -0.548. The molecule has 130 valence electrons. The SMILES string of the molecule is CCCCCCCCOC(=O)C1=C(C(=O)O)C2CC1C(C)C2C. The molecule has 4 heteroatoms. The minimum absolute atomic E-state index is 0.0177. The third-order valence-electron chi connectivity index (χ3n) is 5.82. The van der Waals surface area contributed by atoms with Crippen LogP contribution in [0.15, 0.2) is 11.1 Å². The van der Waals surface area contributed by atoms with Gasteiger partial charge in [0.2, 0.25) is 0 Å². The van der Waals surface area contributed by atoms with Crippen molar-refractivity contribution in [2.24, 2.45) is 23.7 Å². The van der Waals surface area contributed by atoms with E-state index < -0.39 is 5.97 Å².